The Bertz CT molecular complexity index is 867. The molecule has 1 N–H and O–H groups in total. The van der Waals surface area contributed by atoms with E-state index in [1.807, 2.05) is 0 Å². The molecule has 2 aromatic carbocycles. The van der Waals surface area contributed by atoms with Gasteiger partial charge in [-0.2, -0.15) is 13.2 Å². The van der Waals surface area contributed by atoms with Crippen molar-refractivity contribution in [2.24, 2.45) is 0 Å². The number of ether oxygens (including phenoxy) is 2. The van der Waals surface area contributed by atoms with Crippen LogP contribution in [0.3, 0.4) is 0 Å². The van der Waals surface area contributed by atoms with E-state index in [1.165, 1.54) is 31.4 Å². The number of benzene rings is 2. The SMILES string of the molecule is COc1ccc(S(=O)(=O)NCc2ccc(COCC(F)(F)F)cc2)cc1F. The quantitative estimate of drug-likeness (QED) is 0.682. The molecule has 0 heterocycles. The second kappa shape index (κ2) is 8.68. The lowest BCUT2D eigenvalue weighted by Gasteiger charge is -2.10. The first-order valence-electron chi connectivity index (χ1n) is 7.66. The van der Waals surface area contributed by atoms with Crippen LogP contribution in [-0.4, -0.2) is 28.3 Å². The Balaban J connectivity index is 1.94. The molecule has 0 saturated carbocycles. The number of rotatable bonds is 8. The van der Waals surface area contributed by atoms with Crippen molar-refractivity contribution >= 4 is 10.0 Å². The Morgan fingerprint density at radius 3 is 2.22 bits per heavy atom. The van der Waals surface area contributed by atoms with Gasteiger partial charge in [-0.1, -0.05) is 24.3 Å². The molecule has 0 amide bonds. The Morgan fingerprint density at radius 2 is 1.67 bits per heavy atom. The summed E-state index contributed by atoms with van der Waals surface area (Å²) in [6.07, 6.45) is -4.39. The van der Waals surface area contributed by atoms with Gasteiger partial charge >= 0.3 is 6.18 Å². The second-order valence-electron chi connectivity index (χ2n) is 5.55. The summed E-state index contributed by atoms with van der Waals surface area (Å²) in [5, 5.41) is 0. The molecule has 0 fully saturated rings. The summed E-state index contributed by atoms with van der Waals surface area (Å²) in [6, 6.07) is 9.46. The zero-order chi connectivity index (χ0) is 20.1. The molecule has 0 bridgehead atoms. The van der Waals surface area contributed by atoms with Gasteiger partial charge in [0.2, 0.25) is 10.0 Å². The van der Waals surface area contributed by atoms with Crippen LogP contribution in [0.25, 0.3) is 0 Å². The lowest BCUT2D eigenvalue weighted by atomic mass is 10.1. The zero-order valence-electron chi connectivity index (χ0n) is 14.2. The van der Waals surface area contributed by atoms with Crippen LogP contribution in [0.1, 0.15) is 11.1 Å². The Hall–Kier alpha value is -2.17. The number of nitrogens with one attached hydrogen (secondary N) is 1. The molecule has 5 nitrogen and oxygen atoms in total. The van der Waals surface area contributed by atoms with Crippen molar-refractivity contribution in [3.05, 3.63) is 59.4 Å². The third-order valence-electron chi connectivity index (χ3n) is 3.46. The van der Waals surface area contributed by atoms with Crippen LogP contribution in [0.2, 0.25) is 0 Å². The maximum atomic E-state index is 13.7. The highest BCUT2D eigenvalue weighted by molar-refractivity contribution is 7.89. The first-order chi connectivity index (χ1) is 12.6. The van der Waals surface area contributed by atoms with Gasteiger partial charge in [-0.25, -0.2) is 17.5 Å². The van der Waals surface area contributed by atoms with Crippen molar-refractivity contribution in [2.75, 3.05) is 13.7 Å². The Kier molecular flexibility index (Phi) is 6.79. The number of alkyl halides is 3. The number of halogens is 4. The highest BCUT2D eigenvalue weighted by Gasteiger charge is 2.27. The highest BCUT2D eigenvalue weighted by atomic mass is 32.2. The van der Waals surface area contributed by atoms with Gasteiger partial charge in [0.05, 0.1) is 18.6 Å². The molecule has 0 aliphatic heterocycles. The fourth-order valence-electron chi connectivity index (χ4n) is 2.11. The minimum Gasteiger partial charge on any atom is -0.494 e. The molecular formula is C17H17F4NO4S. The van der Waals surface area contributed by atoms with Gasteiger partial charge in [0.1, 0.15) is 6.61 Å². The number of methoxy groups -OCH3 is 1. The molecule has 148 valence electrons. The summed E-state index contributed by atoms with van der Waals surface area (Å²) >= 11 is 0. The fourth-order valence-corrected chi connectivity index (χ4v) is 3.14. The van der Waals surface area contributed by atoms with Gasteiger partial charge in [0.25, 0.3) is 0 Å². The summed E-state index contributed by atoms with van der Waals surface area (Å²) in [4.78, 5) is -0.252. The van der Waals surface area contributed by atoms with E-state index < -0.39 is 28.6 Å². The average Bonchev–Trinajstić information content (AvgIpc) is 2.60. The summed E-state index contributed by atoms with van der Waals surface area (Å²) in [5.74, 6) is -0.874. The van der Waals surface area contributed by atoms with Crippen LogP contribution in [0.15, 0.2) is 47.4 Å². The minimum absolute atomic E-state index is 0.0698. The topological polar surface area (TPSA) is 64.6 Å². The monoisotopic (exact) mass is 407 g/mol. The molecule has 0 unspecified atom stereocenters. The predicted molar refractivity (Wildman–Crippen MR) is 89.1 cm³/mol. The molecule has 10 heteroatoms. The van der Waals surface area contributed by atoms with E-state index >= 15 is 0 Å². The Labute approximate surface area is 154 Å². The largest absolute Gasteiger partial charge is 0.494 e. The van der Waals surface area contributed by atoms with Crippen molar-refractivity contribution in [3.8, 4) is 5.75 Å². The van der Waals surface area contributed by atoms with E-state index in [0.29, 0.717) is 11.1 Å². The molecule has 2 aromatic rings. The van der Waals surface area contributed by atoms with Crippen LogP contribution in [0.5, 0.6) is 5.75 Å². The van der Waals surface area contributed by atoms with Gasteiger partial charge in [0.15, 0.2) is 11.6 Å². The molecule has 0 aliphatic rings. The van der Waals surface area contributed by atoms with Crippen LogP contribution < -0.4 is 9.46 Å². The van der Waals surface area contributed by atoms with E-state index in [0.717, 1.165) is 6.07 Å². The highest BCUT2D eigenvalue weighted by Crippen LogP contribution is 2.21. The third-order valence-corrected chi connectivity index (χ3v) is 4.86. The van der Waals surface area contributed by atoms with Crippen LogP contribution in [0, 0.1) is 5.82 Å². The van der Waals surface area contributed by atoms with Crippen LogP contribution >= 0.6 is 0 Å². The van der Waals surface area contributed by atoms with Crippen LogP contribution in [-0.2, 0) is 27.9 Å². The number of sulfonamides is 1. The predicted octanol–water partition coefficient (Wildman–Crippen LogP) is 3.39. The second-order valence-corrected chi connectivity index (χ2v) is 7.31. The molecule has 0 atom stereocenters. The van der Waals surface area contributed by atoms with E-state index in [-0.39, 0.29) is 23.8 Å². The van der Waals surface area contributed by atoms with Gasteiger partial charge in [-0.05, 0) is 29.3 Å². The minimum atomic E-state index is -4.39. The maximum Gasteiger partial charge on any atom is 0.411 e. The molecule has 0 radical (unpaired) electrons. The average molecular weight is 407 g/mol. The standard InChI is InChI=1S/C17H17F4NO4S/c1-25-16-7-6-14(8-15(16)18)27(23,24)22-9-12-2-4-13(5-3-12)10-26-11-17(19,20)21/h2-8,22H,9-11H2,1H3. The molecule has 2 rings (SSSR count). The smallest absolute Gasteiger partial charge is 0.411 e. The van der Waals surface area contributed by atoms with Crippen molar-refractivity contribution in [1.82, 2.24) is 4.72 Å². The first kappa shape index (κ1) is 21.1. The molecule has 0 saturated heterocycles. The summed E-state index contributed by atoms with van der Waals surface area (Å²) in [6.45, 7) is -1.62. The van der Waals surface area contributed by atoms with Crippen molar-refractivity contribution in [3.63, 3.8) is 0 Å². The van der Waals surface area contributed by atoms with Gasteiger partial charge in [0, 0.05) is 6.54 Å². The fraction of sp³-hybridized carbons (Fsp3) is 0.294. The van der Waals surface area contributed by atoms with Crippen LogP contribution in [0.4, 0.5) is 17.6 Å². The molecule has 27 heavy (non-hydrogen) atoms. The third kappa shape index (κ3) is 6.49. The van der Waals surface area contributed by atoms with Crippen molar-refractivity contribution < 1.29 is 35.5 Å². The lowest BCUT2D eigenvalue weighted by molar-refractivity contribution is -0.176. The Morgan fingerprint density at radius 1 is 1.04 bits per heavy atom. The lowest BCUT2D eigenvalue weighted by Crippen LogP contribution is -2.23. The summed E-state index contributed by atoms with van der Waals surface area (Å²) in [7, 11) is -2.68. The normalized spacial score (nSPS) is 12.2. The van der Waals surface area contributed by atoms with Crippen molar-refractivity contribution in [2.45, 2.75) is 24.2 Å². The zero-order valence-corrected chi connectivity index (χ0v) is 15.0. The molecular weight excluding hydrogens is 390 g/mol. The molecule has 0 aromatic heterocycles. The van der Waals surface area contributed by atoms with E-state index in [4.69, 9.17) is 4.74 Å². The van der Waals surface area contributed by atoms with Gasteiger partial charge < -0.3 is 9.47 Å². The molecule has 0 spiro atoms. The van der Waals surface area contributed by atoms with Gasteiger partial charge in [-0.3, -0.25) is 0 Å². The van der Waals surface area contributed by atoms with E-state index in [1.54, 1.807) is 12.1 Å². The van der Waals surface area contributed by atoms with Gasteiger partial charge in [-0.15, -0.1) is 0 Å². The number of hydrogen-bond acceptors (Lipinski definition) is 4. The van der Waals surface area contributed by atoms with E-state index in [2.05, 4.69) is 9.46 Å². The number of hydrogen-bond donors (Lipinski definition) is 1. The van der Waals surface area contributed by atoms with E-state index in [9.17, 15) is 26.0 Å². The first-order valence-corrected chi connectivity index (χ1v) is 9.14. The maximum absolute atomic E-state index is 13.7. The van der Waals surface area contributed by atoms with Crippen molar-refractivity contribution in [1.29, 1.82) is 0 Å². The molecule has 0 aliphatic carbocycles. The summed E-state index contributed by atoms with van der Waals surface area (Å²) < 4.78 is 85.8. The summed E-state index contributed by atoms with van der Waals surface area (Å²) in [5.41, 5.74) is 1.09.